The van der Waals surface area contributed by atoms with E-state index in [1.54, 1.807) is 13.8 Å². The van der Waals surface area contributed by atoms with Crippen molar-refractivity contribution in [2.75, 3.05) is 0 Å². The summed E-state index contributed by atoms with van der Waals surface area (Å²) >= 11 is 0. The van der Waals surface area contributed by atoms with Crippen LogP contribution < -0.4 is 0 Å². The van der Waals surface area contributed by atoms with E-state index in [9.17, 15) is 17.8 Å². The van der Waals surface area contributed by atoms with Gasteiger partial charge in [0.25, 0.3) is 10.1 Å². The maximum Gasteiger partial charge on any atom is 0.278 e. The van der Waals surface area contributed by atoms with Crippen LogP contribution >= 0.6 is 0 Å². The van der Waals surface area contributed by atoms with E-state index < -0.39 is 20.3 Å². The molecule has 0 saturated heterocycles. The van der Waals surface area contributed by atoms with Crippen molar-refractivity contribution in [3.05, 3.63) is 0 Å². The summed E-state index contributed by atoms with van der Waals surface area (Å²) < 4.78 is 30.5. The summed E-state index contributed by atoms with van der Waals surface area (Å²) in [6.45, 7) is 3.53. The van der Waals surface area contributed by atoms with Crippen molar-refractivity contribution in [2.24, 2.45) is 11.3 Å². The van der Waals surface area contributed by atoms with Gasteiger partial charge in [-0.3, -0.25) is 9.35 Å². The molecule has 4 nitrogen and oxygen atoms in total. The molecule has 5 heteroatoms. The van der Waals surface area contributed by atoms with Crippen molar-refractivity contribution in [1.29, 1.82) is 0 Å². The SMILES string of the molecule is CC1(C)C2CC[C@@]1(S(=O)(=O)O)C(=O)C2. The van der Waals surface area contributed by atoms with Crippen molar-refractivity contribution in [3.63, 3.8) is 0 Å². The van der Waals surface area contributed by atoms with Crippen LogP contribution in [0.4, 0.5) is 0 Å². The highest BCUT2D eigenvalue weighted by Gasteiger charge is 2.70. The molecule has 2 saturated carbocycles. The average molecular weight is 218 g/mol. The molecule has 14 heavy (non-hydrogen) atoms. The van der Waals surface area contributed by atoms with Crippen molar-refractivity contribution in [1.82, 2.24) is 0 Å². The molecule has 2 bridgehead atoms. The minimum Gasteiger partial charge on any atom is -0.298 e. The second-order valence-electron chi connectivity index (χ2n) is 4.89. The van der Waals surface area contributed by atoms with Crippen LogP contribution in [0.2, 0.25) is 0 Å². The lowest BCUT2D eigenvalue weighted by molar-refractivity contribution is -0.121. The number of rotatable bonds is 1. The highest BCUT2D eigenvalue weighted by atomic mass is 32.2. The van der Waals surface area contributed by atoms with Gasteiger partial charge in [-0.2, -0.15) is 8.42 Å². The fraction of sp³-hybridized carbons (Fsp3) is 0.889. The number of hydrogen-bond donors (Lipinski definition) is 1. The van der Waals surface area contributed by atoms with Gasteiger partial charge in [0.05, 0.1) is 0 Å². The smallest absolute Gasteiger partial charge is 0.278 e. The Morgan fingerprint density at radius 3 is 2.21 bits per heavy atom. The van der Waals surface area contributed by atoms with Gasteiger partial charge in [-0.05, 0) is 24.2 Å². The van der Waals surface area contributed by atoms with E-state index in [4.69, 9.17) is 0 Å². The summed E-state index contributed by atoms with van der Waals surface area (Å²) in [5.41, 5.74) is -0.613. The number of fused-ring (bicyclic) bond motifs is 2. The Morgan fingerprint density at radius 1 is 1.43 bits per heavy atom. The van der Waals surface area contributed by atoms with E-state index in [0.717, 1.165) is 6.42 Å². The minimum atomic E-state index is -4.28. The number of Topliss-reactive ketones (excluding diaryl/α,β-unsaturated/α-hetero) is 1. The van der Waals surface area contributed by atoms with E-state index in [0.29, 0.717) is 6.42 Å². The Labute approximate surface area is 83.4 Å². The molecule has 2 aliphatic carbocycles. The second kappa shape index (κ2) is 2.39. The molecule has 0 aromatic heterocycles. The lowest BCUT2D eigenvalue weighted by atomic mass is 9.81. The summed E-state index contributed by atoms with van der Waals surface area (Å²) in [5, 5.41) is 0. The molecule has 0 heterocycles. The lowest BCUT2D eigenvalue weighted by Crippen LogP contribution is -2.50. The number of carbonyl (C=O) groups excluding carboxylic acids is 1. The molecule has 80 valence electrons. The van der Waals surface area contributed by atoms with Gasteiger partial charge in [-0.25, -0.2) is 0 Å². The fourth-order valence-corrected chi connectivity index (χ4v) is 4.82. The molecular weight excluding hydrogens is 204 g/mol. The summed E-state index contributed by atoms with van der Waals surface area (Å²) in [7, 11) is -4.28. The van der Waals surface area contributed by atoms with Gasteiger partial charge < -0.3 is 0 Å². The minimum absolute atomic E-state index is 0.108. The lowest BCUT2D eigenvalue weighted by Gasteiger charge is -2.32. The summed E-state index contributed by atoms with van der Waals surface area (Å²) in [6, 6.07) is 0. The third-order valence-electron chi connectivity index (χ3n) is 4.23. The molecule has 2 aliphatic rings. The topological polar surface area (TPSA) is 71.4 Å². The van der Waals surface area contributed by atoms with Crippen LogP contribution in [-0.2, 0) is 14.9 Å². The number of hydrogen-bond acceptors (Lipinski definition) is 3. The van der Waals surface area contributed by atoms with Crippen LogP contribution in [0.3, 0.4) is 0 Å². The largest absolute Gasteiger partial charge is 0.298 e. The van der Waals surface area contributed by atoms with Crippen LogP contribution in [0.1, 0.15) is 33.1 Å². The predicted octanol–water partition coefficient (Wildman–Crippen LogP) is 1.02. The van der Waals surface area contributed by atoms with Crippen molar-refractivity contribution in [3.8, 4) is 0 Å². The van der Waals surface area contributed by atoms with Crippen LogP contribution in [0.25, 0.3) is 0 Å². The average Bonchev–Trinajstić information content (AvgIpc) is 2.34. The van der Waals surface area contributed by atoms with Gasteiger partial charge in [0.15, 0.2) is 10.5 Å². The van der Waals surface area contributed by atoms with Gasteiger partial charge in [0, 0.05) is 6.42 Å². The highest BCUT2D eigenvalue weighted by Crippen LogP contribution is 2.61. The Morgan fingerprint density at radius 2 is 2.00 bits per heavy atom. The number of carbonyl (C=O) groups is 1. The van der Waals surface area contributed by atoms with Crippen molar-refractivity contribution >= 4 is 15.9 Å². The van der Waals surface area contributed by atoms with E-state index >= 15 is 0 Å². The maximum absolute atomic E-state index is 11.7. The van der Waals surface area contributed by atoms with Crippen LogP contribution in [0.15, 0.2) is 0 Å². The van der Waals surface area contributed by atoms with Gasteiger partial charge in [0.2, 0.25) is 0 Å². The molecule has 0 spiro atoms. The summed E-state index contributed by atoms with van der Waals surface area (Å²) in [5.74, 6) is -0.196. The van der Waals surface area contributed by atoms with Crippen LogP contribution in [0.5, 0.6) is 0 Å². The first-order chi connectivity index (χ1) is 6.23. The summed E-state index contributed by atoms with van der Waals surface area (Å²) in [6.07, 6.45) is 1.30. The van der Waals surface area contributed by atoms with Gasteiger partial charge in [0.1, 0.15) is 0 Å². The van der Waals surface area contributed by atoms with E-state index in [2.05, 4.69) is 0 Å². The first-order valence-electron chi connectivity index (χ1n) is 4.74. The normalized spacial score (nSPS) is 40.5. The quantitative estimate of drug-likeness (QED) is 0.667. The maximum atomic E-state index is 11.7. The molecule has 0 aromatic rings. The van der Waals surface area contributed by atoms with Gasteiger partial charge in [-0.15, -0.1) is 0 Å². The third-order valence-corrected chi connectivity index (χ3v) is 6.07. The van der Waals surface area contributed by atoms with Crippen molar-refractivity contribution < 1.29 is 17.8 Å². The first kappa shape index (κ1) is 10.1. The highest BCUT2D eigenvalue weighted by molar-refractivity contribution is 7.88. The molecular formula is C9H14O4S. The molecule has 0 aromatic carbocycles. The first-order valence-corrected chi connectivity index (χ1v) is 6.18. The molecule has 2 fully saturated rings. The number of ketones is 1. The fourth-order valence-electron chi connectivity index (χ4n) is 3.24. The van der Waals surface area contributed by atoms with Gasteiger partial charge >= 0.3 is 0 Å². The Kier molecular flexibility index (Phi) is 1.72. The Balaban J connectivity index is 2.68. The Hall–Kier alpha value is -0.420. The Bertz CT molecular complexity index is 395. The zero-order valence-corrected chi connectivity index (χ0v) is 9.10. The van der Waals surface area contributed by atoms with E-state index in [-0.39, 0.29) is 18.1 Å². The third kappa shape index (κ3) is 0.827. The monoisotopic (exact) mass is 218 g/mol. The molecule has 1 N–H and O–H groups in total. The molecule has 0 radical (unpaired) electrons. The van der Waals surface area contributed by atoms with E-state index in [1.165, 1.54) is 0 Å². The molecule has 1 unspecified atom stereocenters. The molecule has 0 aliphatic heterocycles. The molecule has 2 rings (SSSR count). The molecule has 2 atom stereocenters. The predicted molar refractivity (Wildman–Crippen MR) is 50.4 cm³/mol. The van der Waals surface area contributed by atoms with Gasteiger partial charge in [-0.1, -0.05) is 13.8 Å². The zero-order chi connectivity index (χ0) is 10.8. The van der Waals surface area contributed by atoms with Crippen LogP contribution in [-0.4, -0.2) is 23.5 Å². The van der Waals surface area contributed by atoms with E-state index in [1.807, 2.05) is 0 Å². The van der Waals surface area contributed by atoms with Crippen LogP contribution in [0, 0.1) is 11.3 Å². The molecule has 0 amide bonds. The zero-order valence-electron chi connectivity index (χ0n) is 8.28. The second-order valence-corrected chi connectivity index (χ2v) is 6.53. The standard InChI is InChI=1S/C9H14O4S/c1-8(2)6-3-4-9(8,7(10)5-6)14(11,12)13/h6H,3-5H2,1-2H3,(H,11,12,13)/t6?,9-/m1/s1. The summed E-state index contributed by atoms with van der Waals surface area (Å²) in [4.78, 5) is 11.7. The van der Waals surface area contributed by atoms with Crippen molar-refractivity contribution in [2.45, 2.75) is 37.9 Å².